The molecule has 4 heteroatoms. The number of hydrogen-bond acceptors (Lipinski definition) is 2. The van der Waals surface area contributed by atoms with Crippen molar-refractivity contribution < 1.29 is 4.21 Å². The van der Waals surface area contributed by atoms with Crippen LogP contribution in [0.15, 0.2) is 28.9 Å². The molecular weight excluding hydrogens is 196 g/mol. The molecule has 0 aromatic carbocycles. The standard InChI is InChI=1S/C10H14N2OS/c1-10(2,3)14(13)12-8-9-4-6-11-7-5-9/h4-8H,1-3H3/b12-8+/t14-/m0/s1. The SMILES string of the molecule is CC(C)(C)[S@](=O)/N=C/c1ccncc1. The van der Waals surface area contributed by atoms with Gasteiger partial charge in [0, 0.05) is 18.6 Å². The third kappa shape index (κ3) is 3.38. The highest BCUT2D eigenvalue weighted by Crippen LogP contribution is 2.11. The molecule has 3 nitrogen and oxygen atoms in total. The molecule has 0 aliphatic rings. The van der Waals surface area contributed by atoms with Gasteiger partial charge in [0.2, 0.25) is 0 Å². The van der Waals surface area contributed by atoms with E-state index in [0.29, 0.717) is 0 Å². The first-order valence-electron chi connectivity index (χ1n) is 4.36. The molecule has 1 rings (SSSR count). The van der Waals surface area contributed by atoms with E-state index in [0.717, 1.165) is 5.56 Å². The summed E-state index contributed by atoms with van der Waals surface area (Å²) in [6.07, 6.45) is 4.98. The summed E-state index contributed by atoms with van der Waals surface area (Å²) in [5.74, 6) is 0. The first-order valence-corrected chi connectivity index (χ1v) is 5.47. The Hall–Kier alpha value is -1.03. The molecule has 0 amide bonds. The molecule has 1 atom stereocenters. The van der Waals surface area contributed by atoms with Crippen molar-refractivity contribution in [2.75, 3.05) is 0 Å². The fourth-order valence-corrected chi connectivity index (χ4v) is 1.25. The lowest BCUT2D eigenvalue weighted by Gasteiger charge is -2.12. The molecule has 1 aromatic rings. The van der Waals surface area contributed by atoms with Crippen LogP contribution in [0.2, 0.25) is 0 Å². The van der Waals surface area contributed by atoms with Gasteiger partial charge in [0.15, 0.2) is 0 Å². The molecule has 0 unspecified atom stereocenters. The van der Waals surface area contributed by atoms with Gasteiger partial charge in [-0.05, 0) is 38.5 Å². The Morgan fingerprint density at radius 2 is 1.93 bits per heavy atom. The summed E-state index contributed by atoms with van der Waals surface area (Å²) in [5, 5.41) is 0. The summed E-state index contributed by atoms with van der Waals surface area (Å²) in [6, 6.07) is 3.65. The maximum absolute atomic E-state index is 11.5. The second-order valence-electron chi connectivity index (χ2n) is 3.88. The van der Waals surface area contributed by atoms with Crippen molar-refractivity contribution >= 4 is 17.2 Å². The Bertz CT molecular complexity index is 341. The van der Waals surface area contributed by atoms with Crippen LogP contribution in [0.3, 0.4) is 0 Å². The van der Waals surface area contributed by atoms with Crippen molar-refractivity contribution in [3.63, 3.8) is 0 Å². The number of nitrogens with zero attached hydrogens (tertiary/aromatic N) is 2. The average Bonchev–Trinajstić information content (AvgIpc) is 2.14. The van der Waals surface area contributed by atoms with Crippen LogP contribution < -0.4 is 0 Å². The van der Waals surface area contributed by atoms with Crippen LogP contribution in [0.5, 0.6) is 0 Å². The minimum Gasteiger partial charge on any atom is -0.265 e. The van der Waals surface area contributed by atoms with E-state index in [1.165, 1.54) is 0 Å². The molecule has 0 fully saturated rings. The summed E-state index contributed by atoms with van der Waals surface area (Å²) in [6.45, 7) is 5.69. The first-order chi connectivity index (χ1) is 6.50. The highest BCUT2D eigenvalue weighted by molar-refractivity contribution is 7.85. The smallest absolute Gasteiger partial charge is 0.144 e. The maximum atomic E-state index is 11.5. The molecule has 76 valence electrons. The minimum absolute atomic E-state index is 0.302. The summed E-state index contributed by atoms with van der Waals surface area (Å²) in [4.78, 5) is 3.88. The Kier molecular flexibility index (Phi) is 3.52. The zero-order valence-electron chi connectivity index (χ0n) is 8.60. The summed E-state index contributed by atoms with van der Waals surface area (Å²) in [7, 11) is -1.19. The van der Waals surface area contributed by atoms with Gasteiger partial charge in [-0.15, -0.1) is 0 Å². The maximum Gasteiger partial charge on any atom is 0.144 e. The van der Waals surface area contributed by atoms with E-state index in [-0.39, 0.29) is 4.75 Å². The van der Waals surface area contributed by atoms with E-state index in [4.69, 9.17) is 0 Å². The van der Waals surface area contributed by atoms with Crippen molar-refractivity contribution in [3.8, 4) is 0 Å². The molecule has 1 heterocycles. The van der Waals surface area contributed by atoms with Gasteiger partial charge in [-0.1, -0.05) is 0 Å². The Balaban J connectivity index is 2.71. The van der Waals surface area contributed by atoms with Crippen molar-refractivity contribution in [2.24, 2.45) is 4.40 Å². The van der Waals surface area contributed by atoms with Crippen molar-refractivity contribution in [1.29, 1.82) is 0 Å². The van der Waals surface area contributed by atoms with Crippen LogP contribution >= 0.6 is 0 Å². The van der Waals surface area contributed by atoms with E-state index < -0.39 is 11.0 Å². The predicted molar refractivity (Wildman–Crippen MR) is 59.7 cm³/mol. The van der Waals surface area contributed by atoms with Gasteiger partial charge in [0.25, 0.3) is 0 Å². The lowest BCUT2D eigenvalue weighted by atomic mass is 10.3. The van der Waals surface area contributed by atoms with Crippen LogP contribution in [0.25, 0.3) is 0 Å². The molecule has 0 aliphatic carbocycles. The fraction of sp³-hybridized carbons (Fsp3) is 0.400. The second-order valence-corrected chi connectivity index (χ2v) is 5.81. The molecule has 0 spiro atoms. The van der Waals surface area contributed by atoms with E-state index >= 15 is 0 Å². The van der Waals surface area contributed by atoms with E-state index in [9.17, 15) is 4.21 Å². The minimum atomic E-state index is -1.19. The number of pyridine rings is 1. The lowest BCUT2D eigenvalue weighted by Crippen LogP contribution is -2.19. The Morgan fingerprint density at radius 3 is 2.43 bits per heavy atom. The first kappa shape index (κ1) is 11.0. The molecule has 0 bridgehead atoms. The van der Waals surface area contributed by atoms with Crippen molar-refractivity contribution in [2.45, 2.75) is 25.5 Å². The predicted octanol–water partition coefficient (Wildman–Crippen LogP) is 1.96. The van der Waals surface area contributed by atoms with Gasteiger partial charge in [0.05, 0.1) is 4.75 Å². The zero-order chi connectivity index (χ0) is 10.6. The molecule has 14 heavy (non-hydrogen) atoms. The summed E-state index contributed by atoms with van der Waals surface area (Å²) >= 11 is 0. The van der Waals surface area contributed by atoms with Crippen LogP contribution in [-0.4, -0.2) is 20.2 Å². The third-order valence-corrected chi connectivity index (χ3v) is 2.87. The van der Waals surface area contributed by atoms with Crippen LogP contribution in [0.1, 0.15) is 26.3 Å². The normalized spacial score (nSPS) is 14.5. The van der Waals surface area contributed by atoms with E-state index in [1.54, 1.807) is 18.6 Å². The van der Waals surface area contributed by atoms with Gasteiger partial charge in [-0.25, -0.2) is 4.21 Å². The summed E-state index contributed by atoms with van der Waals surface area (Å²) in [5.41, 5.74) is 0.914. The second kappa shape index (κ2) is 4.46. The molecule has 0 N–H and O–H groups in total. The topological polar surface area (TPSA) is 42.3 Å². The van der Waals surface area contributed by atoms with Crippen LogP contribution in [0.4, 0.5) is 0 Å². The van der Waals surface area contributed by atoms with Crippen LogP contribution in [-0.2, 0) is 11.0 Å². The van der Waals surface area contributed by atoms with Gasteiger partial charge in [0.1, 0.15) is 11.0 Å². The van der Waals surface area contributed by atoms with Gasteiger partial charge in [-0.2, -0.15) is 4.40 Å². The van der Waals surface area contributed by atoms with E-state index in [2.05, 4.69) is 9.38 Å². The largest absolute Gasteiger partial charge is 0.265 e. The molecule has 0 radical (unpaired) electrons. The quantitative estimate of drug-likeness (QED) is 0.700. The monoisotopic (exact) mass is 210 g/mol. The van der Waals surface area contributed by atoms with Crippen molar-refractivity contribution in [1.82, 2.24) is 4.98 Å². The highest BCUT2D eigenvalue weighted by atomic mass is 32.2. The van der Waals surface area contributed by atoms with Gasteiger partial charge in [-0.3, -0.25) is 4.98 Å². The molecule has 1 aromatic heterocycles. The third-order valence-electron chi connectivity index (χ3n) is 1.53. The van der Waals surface area contributed by atoms with Crippen molar-refractivity contribution in [3.05, 3.63) is 30.1 Å². The molecule has 0 aliphatic heterocycles. The fourth-order valence-electron chi connectivity index (χ4n) is 0.716. The molecule has 0 saturated carbocycles. The van der Waals surface area contributed by atoms with Gasteiger partial charge < -0.3 is 0 Å². The van der Waals surface area contributed by atoms with Crippen LogP contribution in [0, 0.1) is 0 Å². The Morgan fingerprint density at radius 1 is 1.36 bits per heavy atom. The Labute approximate surface area is 86.9 Å². The average molecular weight is 210 g/mol. The number of hydrogen-bond donors (Lipinski definition) is 0. The van der Waals surface area contributed by atoms with E-state index in [1.807, 2.05) is 32.9 Å². The van der Waals surface area contributed by atoms with Gasteiger partial charge >= 0.3 is 0 Å². The number of rotatable bonds is 2. The number of aromatic nitrogens is 1. The molecule has 0 saturated heterocycles. The highest BCUT2D eigenvalue weighted by Gasteiger charge is 2.17. The zero-order valence-corrected chi connectivity index (χ0v) is 9.41. The molecular formula is C10H14N2OS. The lowest BCUT2D eigenvalue weighted by molar-refractivity contribution is 0.651. The summed E-state index contributed by atoms with van der Waals surface area (Å²) < 4.78 is 15.2.